The quantitative estimate of drug-likeness (QED) is 0.782. The van der Waals surface area contributed by atoms with Crippen molar-refractivity contribution in [2.75, 3.05) is 32.8 Å². The van der Waals surface area contributed by atoms with Crippen LogP contribution in [0.5, 0.6) is 0 Å². The van der Waals surface area contributed by atoms with Gasteiger partial charge in [0.15, 0.2) is 0 Å². The Morgan fingerprint density at radius 1 is 1.40 bits per heavy atom. The highest BCUT2D eigenvalue weighted by Gasteiger charge is 2.29. The highest BCUT2D eigenvalue weighted by molar-refractivity contribution is 4.73. The topological polar surface area (TPSA) is 38.5 Å². The summed E-state index contributed by atoms with van der Waals surface area (Å²) in [6.45, 7) is 2.28. The van der Waals surface area contributed by atoms with Gasteiger partial charge in [0, 0.05) is 13.1 Å². The summed E-state index contributed by atoms with van der Waals surface area (Å²) in [5, 5.41) is 0. The zero-order valence-corrected chi connectivity index (χ0v) is 8.59. The molecule has 1 aliphatic heterocycles. The summed E-state index contributed by atoms with van der Waals surface area (Å²) < 4.78 is 38.8. The largest absolute Gasteiger partial charge is 0.522 e. The molecule has 1 aliphatic rings. The molecule has 0 aliphatic carbocycles. The van der Waals surface area contributed by atoms with Gasteiger partial charge in [0.1, 0.15) is 0 Å². The maximum absolute atomic E-state index is 11.7. The lowest BCUT2D eigenvalue weighted by Gasteiger charge is -2.31. The summed E-state index contributed by atoms with van der Waals surface area (Å²) >= 11 is 0. The third-order valence-electron chi connectivity index (χ3n) is 2.61. The normalized spacial score (nSPS) is 24.4. The Balaban J connectivity index is 2.15. The number of nitrogens with two attached hydrogens (primary N) is 1. The molecule has 90 valence electrons. The Morgan fingerprint density at radius 3 is 2.73 bits per heavy atom. The van der Waals surface area contributed by atoms with Gasteiger partial charge >= 0.3 is 6.36 Å². The van der Waals surface area contributed by atoms with Gasteiger partial charge in [0.05, 0.1) is 6.61 Å². The molecule has 1 fully saturated rings. The molecule has 2 N–H and O–H groups in total. The van der Waals surface area contributed by atoms with Crippen molar-refractivity contribution in [3.05, 3.63) is 0 Å². The molecule has 0 amide bonds. The van der Waals surface area contributed by atoms with Crippen molar-refractivity contribution in [1.29, 1.82) is 0 Å². The number of rotatable bonds is 4. The molecule has 0 aromatic carbocycles. The number of nitrogens with zero attached hydrogens (tertiary/aromatic N) is 1. The first-order valence-corrected chi connectivity index (χ1v) is 5.14. The molecule has 0 bridgehead atoms. The van der Waals surface area contributed by atoms with Crippen molar-refractivity contribution in [1.82, 2.24) is 4.90 Å². The molecule has 1 atom stereocenters. The highest BCUT2D eigenvalue weighted by Crippen LogP contribution is 2.17. The fraction of sp³-hybridized carbons (Fsp3) is 1.00. The van der Waals surface area contributed by atoms with Gasteiger partial charge in [-0.1, -0.05) is 0 Å². The van der Waals surface area contributed by atoms with Crippen LogP contribution in [0.4, 0.5) is 13.2 Å². The summed E-state index contributed by atoms with van der Waals surface area (Å²) in [6.07, 6.45) is -2.43. The minimum Gasteiger partial charge on any atom is -0.330 e. The van der Waals surface area contributed by atoms with E-state index in [2.05, 4.69) is 4.74 Å². The zero-order chi connectivity index (χ0) is 11.3. The summed E-state index contributed by atoms with van der Waals surface area (Å²) in [5.41, 5.74) is 5.53. The van der Waals surface area contributed by atoms with Crippen molar-refractivity contribution in [3.63, 3.8) is 0 Å². The standard InChI is InChI=1S/C9H17F3N2O/c10-9(11,12)15-5-4-14-3-1-2-8(6-13)7-14/h8H,1-7,13H2. The second kappa shape index (κ2) is 5.67. The second-order valence-corrected chi connectivity index (χ2v) is 3.84. The van der Waals surface area contributed by atoms with E-state index in [1.165, 1.54) is 0 Å². The molecule has 1 saturated heterocycles. The molecular formula is C9H17F3N2O. The Hall–Kier alpha value is -0.330. The molecule has 1 heterocycles. The van der Waals surface area contributed by atoms with Crippen molar-refractivity contribution in [3.8, 4) is 0 Å². The van der Waals surface area contributed by atoms with E-state index >= 15 is 0 Å². The van der Waals surface area contributed by atoms with E-state index in [1.54, 1.807) is 0 Å². The van der Waals surface area contributed by atoms with Crippen molar-refractivity contribution in [2.24, 2.45) is 11.7 Å². The molecular weight excluding hydrogens is 209 g/mol. The molecule has 1 unspecified atom stereocenters. The molecule has 0 radical (unpaired) electrons. The lowest BCUT2D eigenvalue weighted by molar-refractivity contribution is -0.325. The van der Waals surface area contributed by atoms with Gasteiger partial charge in [0.25, 0.3) is 0 Å². The van der Waals surface area contributed by atoms with Crippen LogP contribution < -0.4 is 5.73 Å². The van der Waals surface area contributed by atoms with Gasteiger partial charge in [-0.3, -0.25) is 4.74 Å². The third-order valence-corrected chi connectivity index (χ3v) is 2.61. The Bertz CT molecular complexity index is 187. The Kier molecular flexibility index (Phi) is 4.82. The van der Waals surface area contributed by atoms with Gasteiger partial charge < -0.3 is 10.6 Å². The first-order chi connectivity index (χ1) is 7.01. The van der Waals surface area contributed by atoms with Gasteiger partial charge in [-0.25, -0.2) is 0 Å². The summed E-state index contributed by atoms with van der Waals surface area (Å²) in [4.78, 5) is 1.98. The van der Waals surface area contributed by atoms with E-state index in [0.717, 1.165) is 25.9 Å². The van der Waals surface area contributed by atoms with Crippen LogP contribution in [0.15, 0.2) is 0 Å². The second-order valence-electron chi connectivity index (χ2n) is 3.84. The smallest absolute Gasteiger partial charge is 0.330 e. The van der Waals surface area contributed by atoms with E-state index in [-0.39, 0.29) is 6.61 Å². The minimum atomic E-state index is -4.51. The average molecular weight is 226 g/mol. The van der Waals surface area contributed by atoms with E-state index < -0.39 is 6.36 Å². The zero-order valence-electron chi connectivity index (χ0n) is 8.59. The number of hydrogen-bond donors (Lipinski definition) is 1. The molecule has 0 aromatic rings. The molecule has 6 heteroatoms. The fourth-order valence-electron chi connectivity index (χ4n) is 1.84. The summed E-state index contributed by atoms with van der Waals surface area (Å²) in [6, 6.07) is 0. The third kappa shape index (κ3) is 5.34. The van der Waals surface area contributed by atoms with Crippen LogP contribution in [0.2, 0.25) is 0 Å². The highest BCUT2D eigenvalue weighted by atomic mass is 19.4. The van der Waals surface area contributed by atoms with Crippen LogP contribution in [0.3, 0.4) is 0 Å². The van der Waals surface area contributed by atoms with Crippen LogP contribution in [-0.2, 0) is 4.74 Å². The molecule has 0 saturated carbocycles. The number of hydrogen-bond acceptors (Lipinski definition) is 3. The van der Waals surface area contributed by atoms with Gasteiger partial charge in [-0.2, -0.15) is 0 Å². The van der Waals surface area contributed by atoms with E-state index in [1.807, 2.05) is 4.90 Å². The average Bonchev–Trinajstić information content (AvgIpc) is 2.16. The van der Waals surface area contributed by atoms with Crippen molar-refractivity contribution >= 4 is 0 Å². The number of halogens is 3. The first-order valence-electron chi connectivity index (χ1n) is 5.14. The first kappa shape index (κ1) is 12.7. The predicted octanol–water partition coefficient (Wildman–Crippen LogP) is 1.19. The van der Waals surface area contributed by atoms with Gasteiger partial charge in [-0.15, -0.1) is 13.2 Å². The van der Waals surface area contributed by atoms with Gasteiger partial charge in [-0.05, 0) is 31.8 Å². The maximum atomic E-state index is 11.7. The molecule has 0 aromatic heterocycles. The van der Waals surface area contributed by atoms with Crippen LogP contribution in [0.25, 0.3) is 0 Å². The van der Waals surface area contributed by atoms with E-state index in [4.69, 9.17) is 5.73 Å². The Morgan fingerprint density at radius 2 is 2.13 bits per heavy atom. The van der Waals surface area contributed by atoms with Crippen molar-refractivity contribution in [2.45, 2.75) is 19.2 Å². The van der Waals surface area contributed by atoms with Crippen molar-refractivity contribution < 1.29 is 17.9 Å². The van der Waals surface area contributed by atoms with Crippen LogP contribution in [0.1, 0.15) is 12.8 Å². The minimum absolute atomic E-state index is 0.291. The number of alkyl halides is 3. The molecule has 15 heavy (non-hydrogen) atoms. The van der Waals surface area contributed by atoms with Gasteiger partial charge in [0.2, 0.25) is 0 Å². The van der Waals surface area contributed by atoms with Crippen LogP contribution in [-0.4, -0.2) is 44.0 Å². The van der Waals surface area contributed by atoms with Crippen LogP contribution >= 0.6 is 0 Å². The fourth-order valence-corrected chi connectivity index (χ4v) is 1.84. The molecule has 3 nitrogen and oxygen atoms in total. The summed E-state index contributed by atoms with van der Waals surface area (Å²) in [5.74, 6) is 0.421. The molecule has 0 spiro atoms. The lowest BCUT2D eigenvalue weighted by Crippen LogP contribution is -2.40. The number of ether oxygens (including phenoxy) is 1. The Labute approximate surface area is 87.4 Å². The monoisotopic (exact) mass is 226 g/mol. The summed E-state index contributed by atoms with van der Waals surface area (Å²) in [7, 11) is 0. The number of likely N-dealkylation sites (tertiary alicyclic amines) is 1. The van der Waals surface area contributed by atoms with E-state index in [9.17, 15) is 13.2 Å². The molecule has 1 rings (SSSR count). The SMILES string of the molecule is NCC1CCCN(CCOC(F)(F)F)C1. The number of piperidine rings is 1. The van der Waals surface area contributed by atoms with Crippen LogP contribution in [0, 0.1) is 5.92 Å². The predicted molar refractivity (Wildman–Crippen MR) is 50.2 cm³/mol. The van der Waals surface area contributed by atoms with E-state index in [0.29, 0.717) is 19.0 Å². The maximum Gasteiger partial charge on any atom is 0.522 e. The lowest BCUT2D eigenvalue weighted by atomic mass is 9.98.